The number of hydrogen-bond donors (Lipinski definition) is 5. The lowest BCUT2D eigenvalue weighted by Crippen LogP contribution is -2.46. The molecule has 0 heterocycles. The molecule has 0 spiro atoms. The quantitative estimate of drug-likeness (QED) is 0.0233. The topological polar surface area (TPSA) is 151 Å². The highest BCUT2D eigenvalue weighted by Crippen LogP contribution is 2.43. The van der Waals surface area contributed by atoms with Gasteiger partial charge in [0.15, 0.2) is 0 Å². The van der Waals surface area contributed by atoms with Gasteiger partial charge in [0.05, 0.1) is 37.9 Å². The van der Waals surface area contributed by atoms with E-state index < -0.39 is 38.6 Å². The zero-order valence-corrected chi connectivity index (χ0v) is 36.4. The Bertz CT molecular complexity index is 977. The van der Waals surface area contributed by atoms with Gasteiger partial charge in [-0.25, -0.2) is 4.57 Å². The molecule has 0 saturated carbocycles. The lowest BCUT2D eigenvalue weighted by molar-refractivity contribution is -0.124. The lowest BCUT2D eigenvalue weighted by atomic mass is 10.0. The van der Waals surface area contributed by atoms with Crippen LogP contribution in [0.15, 0.2) is 36.5 Å². The zero-order chi connectivity index (χ0) is 40.5. The maximum atomic E-state index is 12.8. The Morgan fingerprint density at radius 1 is 0.618 bits per heavy atom. The largest absolute Gasteiger partial charge is 0.472 e. The highest BCUT2D eigenvalue weighted by molar-refractivity contribution is 7.47. The van der Waals surface area contributed by atoms with Crippen molar-refractivity contribution in [3.05, 3.63) is 36.5 Å². The summed E-state index contributed by atoms with van der Waals surface area (Å²) in [5.74, 6) is -0.461. The molecule has 0 aliphatic carbocycles. The van der Waals surface area contributed by atoms with Gasteiger partial charge in [-0.2, -0.15) is 0 Å². The van der Waals surface area contributed by atoms with Gasteiger partial charge in [0.25, 0.3) is 0 Å². The minimum absolute atomic E-state index is 0.0434. The van der Waals surface area contributed by atoms with Crippen molar-refractivity contribution in [3.63, 3.8) is 0 Å². The maximum Gasteiger partial charge on any atom is 0.472 e. The minimum Gasteiger partial charge on any atom is -0.393 e. The summed E-state index contributed by atoms with van der Waals surface area (Å²) in [7, 11) is -4.41. The van der Waals surface area contributed by atoms with Crippen LogP contribution in [0.3, 0.4) is 0 Å². The molecule has 0 fully saturated rings. The zero-order valence-electron chi connectivity index (χ0n) is 35.5. The fourth-order valence-electron chi connectivity index (χ4n) is 6.54. The Morgan fingerprint density at radius 3 is 1.51 bits per heavy atom. The van der Waals surface area contributed by atoms with Crippen molar-refractivity contribution >= 4 is 13.7 Å². The second kappa shape index (κ2) is 40.9. The molecule has 4 atom stereocenters. The van der Waals surface area contributed by atoms with E-state index in [-0.39, 0.29) is 19.6 Å². The molecule has 0 bridgehead atoms. The predicted molar refractivity (Wildman–Crippen MR) is 232 cm³/mol. The van der Waals surface area contributed by atoms with E-state index in [1.54, 1.807) is 6.08 Å². The summed E-state index contributed by atoms with van der Waals surface area (Å²) in [6.45, 7) is 3.94. The molecule has 0 radical (unpaired) electrons. The highest BCUT2D eigenvalue weighted by atomic mass is 31.2. The number of unbranched alkanes of at least 4 members (excludes halogenated alkanes) is 24. The van der Waals surface area contributed by atoms with Crippen LogP contribution >= 0.6 is 7.82 Å². The van der Waals surface area contributed by atoms with Gasteiger partial charge < -0.3 is 26.2 Å². The summed E-state index contributed by atoms with van der Waals surface area (Å²) < 4.78 is 22.0. The first kappa shape index (κ1) is 53.7. The van der Waals surface area contributed by atoms with Gasteiger partial charge in [-0.3, -0.25) is 13.8 Å². The lowest BCUT2D eigenvalue weighted by Gasteiger charge is -2.24. The summed E-state index contributed by atoms with van der Waals surface area (Å²) >= 11 is 0. The van der Waals surface area contributed by atoms with Crippen LogP contribution in [-0.4, -0.2) is 59.0 Å². The molecular weight excluding hydrogens is 711 g/mol. The van der Waals surface area contributed by atoms with Crippen molar-refractivity contribution in [3.8, 4) is 0 Å². The van der Waals surface area contributed by atoms with Crippen LogP contribution in [0, 0.1) is 0 Å². The maximum absolute atomic E-state index is 12.8. The number of nitrogens with two attached hydrogens (primary N) is 1. The van der Waals surface area contributed by atoms with Gasteiger partial charge in [0.2, 0.25) is 5.91 Å². The average Bonchev–Trinajstić information content (AvgIpc) is 3.16. The second-order valence-electron chi connectivity index (χ2n) is 15.4. The van der Waals surface area contributed by atoms with E-state index in [0.717, 1.165) is 44.9 Å². The molecular formula is C45H87N2O7P. The van der Waals surface area contributed by atoms with Crippen molar-refractivity contribution in [2.45, 2.75) is 225 Å². The van der Waals surface area contributed by atoms with Crippen LogP contribution in [0.5, 0.6) is 0 Å². The molecule has 1 amide bonds. The highest BCUT2D eigenvalue weighted by Gasteiger charge is 2.27. The molecule has 0 aliphatic rings. The van der Waals surface area contributed by atoms with Crippen molar-refractivity contribution in [1.29, 1.82) is 0 Å². The number of allylic oxidation sites excluding steroid dienone is 5. The van der Waals surface area contributed by atoms with Crippen LogP contribution in [0.1, 0.15) is 206 Å². The number of nitrogens with one attached hydrogen (secondary N) is 1. The number of rotatable bonds is 42. The van der Waals surface area contributed by atoms with Gasteiger partial charge >= 0.3 is 7.82 Å². The first-order valence-electron chi connectivity index (χ1n) is 22.7. The molecule has 4 unspecified atom stereocenters. The number of hydrogen-bond acceptors (Lipinski definition) is 7. The Morgan fingerprint density at radius 2 is 1.04 bits per heavy atom. The van der Waals surface area contributed by atoms with Gasteiger partial charge in [-0.05, 0) is 57.8 Å². The van der Waals surface area contributed by atoms with Crippen LogP contribution in [0.25, 0.3) is 0 Å². The van der Waals surface area contributed by atoms with E-state index in [1.165, 1.54) is 128 Å². The summed E-state index contributed by atoms with van der Waals surface area (Å²) in [6, 6.07) is -1.00. The standard InChI is InChI=1S/C45H87N2O7P/c1-3-5-7-9-11-13-15-17-18-19-20-21-22-23-25-26-28-30-32-34-36-42(48)40-45(50)47-43(41-54-55(51,52)53-39-38-46)44(49)37-35-33-31-29-27-24-16-14-12-10-8-6-4-2/h22-23,27,29,35,37,42-44,48-49H,3-21,24-26,28,30-34,36,38-41,46H2,1-2H3,(H,47,50)(H,51,52)/b23-22-,29-27+,37-35+. The molecule has 0 rings (SSSR count). The Hall–Kier alpha value is -1.32. The third-order valence-corrected chi connectivity index (χ3v) is 11.0. The number of carbonyl (C=O) groups excluding carboxylic acids is 1. The first-order valence-corrected chi connectivity index (χ1v) is 24.2. The number of aliphatic hydroxyl groups excluding tert-OH is 2. The van der Waals surface area contributed by atoms with E-state index >= 15 is 0 Å². The Balaban J connectivity index is 4.28. The molecule has 0 aromatic carbocycles. The SMILES string of the molecule is CCCCCCCCC/C=C/CC/C=C/C(O)C(COP(=O)(O)OCCN)NC(=O)CC(O)CCCCCCC/C=C\CCCCCCCCCCCCC. The first-order chi connectivity index (χ1) is 26.8. The van der Waals surface area contributed by atoms with E-state index in [1.807, 2.05) is 6.08 Å². The average molecular weight is 799 g/mol. The second-order valence-corrected chi connectivity index (χ2v) is 16.9. The number of carbonyl (C=O) groups is 1. The van der Waals surface area contributed by atoms with Crippen molar-refractivity contribution in [2.24, 2.45) is 5.73 Å². The number of amides is 1. The number of phosphoric acid groups is 1. The van der Waals surface area contributed by atoms with Gasteiger partial charge in [-0.1, -0.05) is 179 Å². The number of aliphatic hydroxyl groups is 2. The molecule has 0 aliphatic heterocycles. The van der Waals surface area contributed by atoms with Crippen molar-refractivity contribution in [2.75, 3.05) is 19.8 Å². The van der Waals surface area contributed by atoms with Gasteiger partial charge in [-0.15, -0.1) is 0 Å². The minimum atomic E-state index is -4.41. The van der Waals surface area contributed by atoms with E-state index in [0.29, 0.717) is 12.8 Å². The van der Waals surface area contributed by atoms with Crippen LogP contribution < -0.4 is 11.1 Å². The fourth-order valence-corrected chi connectivity index (χ4v) is 7.30. The van der Waals surface area contributed by atoms with Crippen molar-refractivity contribution in [1.82, 2.24) is 5.32 Å². The van der Waals surface area contributed by atoms with E-state index in [9.17, 15) is 24.5 Å². The molecule has 55 heavy (non-hydrogen) atoms. The van der Waals surface area contributed by atoms with Gasteiger partial charge in [0.1, 0.15) is 0 Å². The molecule has 0 aromatic heterocycles. The Labute approximate surface area is 338 Å². The molecule has 10 heteroatoms. The normalized spacial score (nSPS) is 14.9. The molecule has 0 aromatic rings. The fraction of sp³-hybridized carbons (Fsp3) is 0.844. The van der Waals surface area contributed by atoms with Gasteiger partial charge in [0, 0.05) is 6.54 Å². The van der Waals surface area contributed by atoms with Crippen LogP contribution in [0.4, 0.5) is 0 Å². The monoisotopic (exact) mass is 799 g/mol. The summed E-state index contributed by atoms with van der Waals surface area (Å²) in [5, 5.41) is 24.0. The smallest absolute Gasteiger partial charge is 0.393 e. The van der Waals surface area contributed by atoms with E-state index in [4.69, 9.17) is 14.8 Å². The summed E-state index contributed by atoms with van der Waals surface area (Å²) in [4.78, 5) is 22.7. The molecule has 0 saturated heterocycles. The van der Waals surface area contributed by atoms with E-state index in [2.05, 4.69) is 43.5 Å². The third kappa shape index (κ3) is 39.3. The van der Waals surface area contributed by atoms with Crippen LogP contribution in [-0.2, 0) is 18.4 Å². The predicted octanol–water partition coefficient (Wildman–Crippen LogP) is 11.7. The Kier molecular flexibility index (Phi) is 39.9. The van der Waals surface area contributed by atoms with Crippen molar-refractivity contribution < 1.29 is 33.5 Å². The molecule has 9 nitrogen and oxygen atoms in total. The third-order valence-electron chi connectivity index (χ3n) is 9.99. The molecule has 324 valence electrons. The summed E-state index contributed by atoms with van der Waals surface area (Å²) in [6.07, 6.45) is 45.2. The molecule has 6 N–H and O–H groups in total. The number of phosphoric ester groups is 1. The summed E-state index contributed by atoms with van der Waals surface area (Å²) in [5.41, 5.74) is 5.36. The van der Waals surface area contributed by atoms with Crippen LogP contribution in [0.2, 0.25) is 0 Å².